The second-order valence-corrected chi connectivity index (χ2v) is 9.14. The first kappa shape index (κ1) is 21.7. The van der Waals surface area contributed by atoms with Gasteiger partial charge in [0.2, 0.25) is 5.88 Å². The molecule has 35 heavy (non-hydrogen) atoms. The van der Waals surface area contributed by atoms with Crippen molar-refractivity contribution in [2.24, 2.45) is 11.8 Å². The Hall–Kier alpha value is -3.81. The smallest absolute Gasteiger partial charge is 0.232 e. The van der Waals surface area contributed by atoms with Crippen LogP contribution >= 0.6 is 0 Å². The molecule has 178 valence electrons. The first-order chi connectivity index (χ1) is 17.2. The molecule has 2 fully saturated rings. The molecule has 0 amide bonds. The highest BCUT2D eigenvalue weighted by Crippen LogP contribution is 2.37. The third-order valence-electron chi connectivity index (χ3n) is 6.61. The van der Waals surface area contributed by atoms with Gasteiger partial charge in [-0.05, 0) is 43.1 Å². The lowest BCUT2D eigenvalue weighted by Gasteiger charge is -2.25. The third-order valence-corrected chi connectivity index (χ3v) is 6.61. The Morgan fingerprint density at radius 2 is 2.11 bits per heavy atom. The van der Waals surface area contributed by atoms with Gasteiger partial charge in [-0.1, -0.05) is 6.07 Å². The van der Waals surface area contributed by atoms with E-state index >= 15 is 0 Å². The van der Waals surface area contributed by atoms with Crippen molar-refractivity contribution in [3.05, 3.63) is 54.5 Å². The number of aromatic nitrogens is 5. The summed E-state index contributed by atoms with van der Waals surface area (Å²) in [7, 11) is 0. The molecule has 0 saturated carbocycles. The van der Waals surface area contributed by atoms with Gasteiger partial charge >= 0.3 is 0 Å². The number of hydrogen-bond acceptors (Lipinski definition) is 7. The van der Waals surface area contributed by atoms with Crippen molar-refractivity contribution in [3.8, 4) is 28.8 Å². The second kappa shape index (κ2) is 9.09. The van der Waals surface area contributed by atoms with Gasteiger partial charge in [0.25, 0.3) is 0 Å². The molecule has 4 aromatic rings. The number of fused-ring (bicyclic) bond motifs is 1. The molecule has 0 radical (unpaired) electrons. The molecule has 0 spiro atoms. The average molecular weight is 474 g/mol. The molecule has 10 heteroatoms. The molecule has 6 rings (SSSR count). The minimum atomic E-state index is -0.563. The van der Waals surface area contributed by atoms with E-state index in [9.17, 15) is 4.39 Å². The van der Waals surface area contributed by atoms with Crippen molar-refractivity contribution in [3.63, 3.8) is 0 Å². The molecule has 0 bridgehead atoms. The minimum Gasteiger partial charge on any atom is -0.435 e. The van der Waals surface area contributed by atoms with Crippen molar-refractivity contribution in [1.29, 1.82) is 5.26 Å². The predicted octanol–water partition coefficient (Wildman–Crippen LogP) is 3.35. The molecule has 1 aromatic carbocycles. The summed E-state index contributed by atoms with van der Waals surface area (Å²) in [5.74, 6) is 1.32. The van der Waals surface area contributed by atoms with E-state index < -0.39 is 5.82 Å². The lowest BCUT2D eigenvalue weighted by Crippen LogP contribution is -2.31. The molecular weight excluding hydrogens is 449 g/mol. The molecule has 2 saturated heterocycles. The van der Waals surface area contributed by atoms with E-state index in [1.807, 2.05) is 23.1 Å². The fourth-order valence-electron chi connectivity index (χ4n) is 4.72. The van der Waals surface area contributed by atoms with Crippen molar-refractivity contribution in [2.45, 2.75) is 19.5 Å². The first-order valence-electron chi connectivity index (χ1n) is 11.7. The maximum absolute atomic E-state index is 14.5. The van der Waals surface area contributed by atoms with E-state index in [0.29, 0.717) is 34.4 Å². The van der Waals surface area contributed by atoms with E-state index in [1.54, 1.807) is 12.3 Å². The van der Waals surface area contributed by atoms with Crippen molar-refractivity contribution >= 4 is 11.0 Å². The van der Waals surface area contributed by atoms with Gasteiger partial charge in [-0.15, -0.1) is 0 Å². The Kier molecular flexibility index (Phi) is 5.64. The van der Waals surface area contributed by atoms with Gasteiger partial charge in [0.15, 0.2) is 5.75 Å². The number of rotatable bonds is 7. The van der Waals surface area contributed by atoms with Crippen molar-refractivity contribution in [2.75, 3.05) is 26.3 Å². The predicted molar refractivity (Wildman–Crippen MR) is 125 cm³/mol. The fourth-order valence-corrected chi connectivity index (χ4v) is 4.72. The number of nitriles is 1. The minimum absolute atomic E-state index is 0.00604. The monoisotopic (exact) mass is 473 g/mol. The zero-order chi connectivity index (χ0) is 23.8. The topological polar surface area (TPSA) is 103 Å². The number of benzene rings is 1. The molecule has 1 atom stereocenters. The second-order valence-electron chi connectivity index (χ2n) is 9.14. The van der Waals surface area contributed by atoms with E-state index in [0.717, 1.165) is 57.0 Å². The first-order valence-corrected chi connectivity index (χ1v) is 11.7. The summed E-state index contributed by atoms with van der Waals surface area (Å²) in [5.41, 5.74) is 2.12. The SMILES string of the molecule is N#Cc1ccc(-c2cn(CC3CCNC3)c3ncnc(Oc4cnn(CC5COC5)c4)c23)cc1F. The number of halogens is 1. The van der Waals surface area contributed by atoms with E-state index in [-0.39, 0.29) is 5.56 Å². The summed E-state index contributed by atoms with van der Waals surface area (Å²) in [6, 6.07) is 6.50. The van der Waals surface area contributed by atoms with Gasteiger partial charge in [0.1, 0.15) is 23.9 Å². The quantitative estimate of drug-likeness (QED) is 0.439. The van der Waals surface area contributed by atoms with Crippen LogP contribution in [-0.2, 0) is 17.8 Å². The fraction of sp³-hybridized carbons (Fsp3) is 0.360. The van der Waals surface area contributed by atoms with Gasteiger partial charge in [0.05, 0.1) is 36.6 Å². The molecule has 5 heterocycles. The Morgan fingerprint density at radius 1 is 1.20 bits per heavy atom. The van der Waals surface area contributed by atoms with Crippen LogP contribution in [0.5, 0.6) is 11.6 Å². The standard InChI is InChI=1S/C25H24FN7O2/c26-22-5-18(1-2-19(22)6-27)21-12-32(9-16-3-4-28-7-16)24-23(21)25(30-15-29-24)35-20-8-31-33(11-20)10-17-13-34-14-17/h1-2,5,8,11-12,15-17,28H,3-4,7,9-10,13-14H2. The van der Waals surface area contributed by atoms with Gasteiger partial charge in [-0.2, -0.15) is 10.4 Å². The Labute approximate surface area is 201 Å². The van der Waals surface area contributed by atoms with Gasteiger partial charge in [-0.3, -0.25) is 4.68 Å². The summed E-state index contributed by atoms with van der Waals surface area (Å²) in [6.07, 6.45) is 8.05. The lowest BCUT2D eigenvalue weighted by molar-refractivity contribution is -0.0408. The van der Waals surface area contributed by atoms with Crippen LogP contribution in [0.25, 0.3) is 22.2 Å². The maximum Gasteiger partial charge on any atom is 0.232 e. The van der Waals surface area contributed by atoms with Crippen LogP contribution in [0, 0.1) is 29.0 Å². The third kappa shape index (κ3) is 4.24. The highest BCUT2D eigenvalue weighted by Gasteiger charge is 2.23. The molecule has 1 N–H and O–H groups in total. The number of hydrogen-bond donors (Lipinski definition) is 1. The van der Waals surface area contributed by atoms with Crippen molar-refractivity contribution in [1.82, 2.24) is 29.6 Å². The summed E-state index contributed by atoms with van der Waals surface area (Å²) < 4.78 is 29.9. The van der Waals surface area contributed by atoms with Crippen LogP contribution in [-0.4, -0.2) is 50.6 Å². The summed E-state index contributed by atoms with van der Waals surface area (Å²) >= 11 is 0. The number of nitrogens with one attached hydrogen (secondary N) is 1. The Balaban J connectivity index is 1.40. The largest absolute Gasteiger partial charge is 0.435 e. The zero-order valence-electron chi connectivity index (χ0n) is 19.0. The summed E-state index contributed by atoms with van der Waals surface area (Å²) in [6.45, 7) is 4.98. The molecule has 2 aliphatic rings. The molecular formula is C25H24FN7O2. The average Bonchev–Trinajstić information content (AvgIpc) is 3.58. The molecule has 1 unspecified atom stereocenters. The van der Waals surface area contributed by atoms with Gasteiger partial charge in [-0.25, -0.2) is 14.4 Å². The van der Waals surface area contributed by atoms with Gasteiger partial charge in [0, 0.05) is 30.8 Å². The van der Waals surface area contributed by atoms with E-state index in [4.69, 9.17) is 14.7 Å². The van der Waals surface area contributed by atoms with Crippen LogP contribution in [0.15, 0.2) is 43.1 Å². The van der Waals surface area contributed by atoms with E-state index in [1.165, 1.54) is 18.5 Å². The summed E-state index contributed by atoms with van der Waals surface area (Å²) in [5, 5.41) is 17.6. The van der Waals surface area contributed by atoms with Gasteiger partial charge < -0.3 is 19.4 Å². The molecule has 3 aromatic heterocycles. The van der Waals surface area contributed by atoms with Crippen LogP contribution in [0.3, 0.4) is 0 Å². The van der Waals surface area contributed by atoms with Crippen LogP contribution in [0.4, 0.5) is 4.39 Å². The van der Waals surface area contributed by atoms with Crippen LogP contribution in [0.2, 0.25) is 0 Å². The lowest BCUT2D eigenvalue weighted by atomic mass is 10.0. The Morgan fingerprint density at radius 3 is 2.86 bits per heavy atom. The number of ether oxygens (including phenoxy) is 2. The zero-order valence-corrected chi connectivity index (χ0v) is 19.0. The molecule has 9 nitrogen and oxygen atoms in total. The highest BCUT2D eigenvalue weighted by atomic mass is 19.1. The van der Waals surface area contributed by atoms with Crippen LogP contribution in [0.1, 0.15) is 12.0 Å². The number of nitrogens with zero attached hydrogens (tertiary/aromatic N) is 6. The van der Waals surface area contributed by atoms with Crippen molar-refractivity contribution < 1.29 is 13.9 Å². The molecule has 2 aliphatic heterocycles. The summed E-state index contributed by atoms with van der Waals surface area (Å²) in [4.78, 5) is 8.99. The Bertz CT molecular complexity index is 1410. The maximum atomic E-state index is 14.5. The highest BCUT2D eigenvalue weighted by molar-refractivity contribution is 5.97. The molecule has 0 aliphatic carbocycles. The van der Waals surface area contributed by atoms with E-state index in [2.05, 4.69) is 25.0 Å². The normalized spacial score (nSPS) is 18.0. The van der Waals surface area contributed by atoms with Crippen LogP contribution < -0.4 is 10.1 Å².